The summed E-state index contributed by atoms with van der Waals surface area (Å²) in [7, 11) is -0.735. The van der Waals surface area contributed by atoms with Gasteiger partial charge in [-0.25, -0.2) is 8.42 Å². The predicted molar refractivity (Wildman–Crippen MR) is 116 cm³/mol. The van der Waals surface area contributed by atoms with Crippen molar-refractivity contribution in [2.75, 3.05) is 32.6 Å². The highest BCUT2D eigenvalue weighted by molar-refractivity contribution is 7.89. The lowest BCUT2D eigenvalue weighted by molar-refractivity contribution is -0.120. The molecule has 0 bridgehead atoms. The molecule has 0 atom stereocenters. The van der Waals surface area contributed by atoms with Crippen molar-refractivity contribution >= 4 is 44.8 Å². The summed E-state index contributed by atoms with van der Waals surface area (Å²) >= 11 is 12.0. The van der Waals surface area contributed by atoms with E-state index < -0.39 is 10.0 Å². The Morgan fingerprint density at radius 1 is 1.07 bits per heavy atom. The van der Waals surface area contributed by atoms with E-state index in [0.29, 0.717) is 35.1 Å². The van der Waals surface area contributed by atoms with Gasteiger partial charge in [-0.1, -0.05) is 23.2 Å². The molecule has 0 radical (unpaired) electrons. The normalized spacial score (nSPS) is 15.6. The van der Waals surface area contributed by atoms with E-state index in [2.05, 4.69) is 5.32 Å². The number of halogens is 2. The summed E-state index contributed by atoms with van der Waals surface area (Å²) in [6.45, 7) is 0.423. The summed E-state index contributed by atoms with van der Waals surface area (Å²) in [5.74, 6) is 0.593. The van der Waals surface area contributed by atoms with E-state index in [9.17, 15) is 13.2 Å². The number of hydrogen-bond acceptors (Lipinski definition) is 5. The van der Waals surface area contributed by atoms with E-state index in [4.69, 9.17) is 32.7 Å². The van der Waals surface area contributed by atoms with Crippen molar-refractivity contribution in [3.63, 3.8) is 0 Å². The number of methoxy groups -OCH3 is 2. The maximum atomic E-state index is 12.9. The van der Waals surface area contributed by atoms with Crippen LogP contribution in [0.25, 0.3) is 0 Å². The van der Waals surface area contributed by atoms with Gasteiger partial charge in [-0.3, -0.25) is 4.79 Å². The number of nitrogens with one attached hydrogen (secondary N) is 1. The Balaban J connectivity index is 1.67. The maximum Gasteiger partial charge on any atom is 0.244 e. The van der Waals surface area contributed by atoms with Crippen molar-refractivity contribution in [3.8, 4) is 11.5 Å². The molecule has 1 amide bonds. The van der Waals surface area contributed by atoms with Crippen LogP contribution in [-0.4, -0.2) is 45.9 Å². The van der Waals surface area contributed by atoms with Gasteiger partial charge in [-0.05, 0) is 43.2 Å². The van der Waals surface area contributed by atoms with Gasteiger partial charge in [0.25, 0.3) is 0 Å². The largest absolute Gasteiger partial charge is 0.497 e. The lowest BCUT2D eigenvalue weighted by Gasteiger charge is -2.31. The molecule has 3 rings (SSSR count). The average molecular weight is 473 g/mol. The molecule has 0 unspecified atom stereocenters. The number of carbonyl (C=O) groups is 1. The molecule has 1 heterocycles. The zero-order valence-electron chi connectivity index (χ0n) is 16.5. The first-order valence-electron chi connectivity index (χ1n) is 9.24. The van der Waals surface area contributed by atoms with Gasteiger partial charge in [0.1, 0.15) is 16.4 Å². The van der Waals surface area contributed by atoms with E-state index in [-0.39, 0.29) is 34.8 Å². The highest BCUT2D eigenvalue weighted by Crippen LogP contribution is 2.32. The molecule has 0 aromatic heterocycles. The predicted octanol–water partition coefficient (Wildman–Crippen LogP) is 4.05. The van der Waals surface area contributed by atoms with Crippen LogP contribution in [0.15, 0.2) is 41.3 Å². The summed E-state index contributed by atoms with van der Waals surface area (Å²) in [6.07, 6.45) is 0.781. The topological polar surface area (TPSA) is 84.9 Å². The van der Waals surface area contributed by atoms with Gasteiger partial charge in [-0.2, -0.15) is 4.31 Å². The number of rotatable bonds is 6. The van der Waals surface area contributed by atoms with Gasteiger partial charge < -0.3 is 14.8 Å². The monoisotopic (exact) mass is 472 g/mol. The van der Waals surface area contributed by atoms with Crippen molar-refractivity contribution in [1.82, 2.24) is 4.31 Å². The van der Waals surface area contributed by atoms with Crippen LogP contribution in [0.4, 0.5) is 5.69 Å². The molecule has 1 aliphatic heterocycles. The van der Waals surface area contributed by atoms with Crippen LogP contribution in [0.2, 0.25) is 10.0 Å². The number of nitrogens with zero attached hydrogens (tertiary/aromatic N) is 1. The third kappa shape index (κ3) is 4.83. The van der Waals surface area contributed by atoms with Gasteiger partial charge in [-0.15, -0.1) is 0 Å². The van der Waals surface area contributed by atoms with Crippen LogP contribution in [-0.2, 0) is 14.8 Å². The van der Waals surface area contributed by atoms with Crippen molar-refractivity contribution in [1.29, 1.82) is 0 Å². The lowest BCUT2D eigenvalue weighted by atomic mass is 9.97. The summed E-state index contributed by atoms with van der Waals surface area (Å²) in [4.78, 5) is 12.7. The first-order chi connectivity index (χ1) is 14.3. The molecule has 0 aliphatic carbocycles. The van der Waals surface area contributed by atoms with E-state index in [1.54, 1.807) is 25.3 Å². The second kappa shape index (κ2) is 9.43. The molecule has 0 spiro atoms. The average Bonchev–Trinajstić information content (AvgIpc) is 2.75. The van der Waals surface area contributed by atoms with Gasteiger partial charge >= 0.3 is 0 Å². The number of amides is 1. The van der Waals surface area contributed by atoms with Crippen LogP contribution < -0.4 is 14.8 Å². The van der Waals surface area contributed by atoms with Crippen LogP contribution >= 0.6 is 23.2 Å². The number of benzene rings is 2. The van der Waals surface area contributed by atoms with E-state index in [1.807, 2.05) is 0 Å². The van der Waals surface area contributed by atoms with Crippen molar-refractivity contribution < 1.29 is 22.7 Å². The van der Waals surface area contributed by atoms with Crippen LogP contribution in [0, 0.1) is 5.92 Å². The number of anilines is 1. The van der Waals surface area contributed by atoms with Crippen molar-refractivity contribution in [3.05, 3.63) is 46.4 Å². The SMILES string of the molecule is COc1ccc(NC(=O)C2CCN(S(=O)(=O)c3cc(Cl)ccc3Cl)CC2)c(OC)c1. The van der Waals surface area contributed by atoms with E-state index >= 15 is 0 Å². The van der Waals surface area contributed by atoms with Gasteiger partial charge in [0.2, 0.25) is 15.9 Å². The maximum absolute atomic E-state index is 12.9. The molecule has 2 aromatic rings. The number of ether oxygens (including phenoxy) is 2. The van der Waals surface area contributed by atoms with Crippen LogP contribution in [0.3, 0.4) is 0 Å². The van der Waals surface area contributed by atoms with Crippen LogP contribution in [0.5, 0.6) is 11.5 Å². The fraction of sp³-hybridized carbons (Fsp3) is 0.350. The summed E-state index contributed by atoms with van der Waals surface area (Å²) in [5.41, 5.74) is 0.532. The second-order valence-corrected chi connectivity index (χ2v) is 9.56. The first kappa shape index (κ1) is 22.7. The fourth-order valence-corrected chi connectivity index (χ4v) is 5.52. The molecule has 1 fully saturated rings. The molecular formula is C20H22Cl2N2O5S. The minimum Gasteiger partial charge on any atom is -0.497 e. The fourth-order valence-electron chi connectivity index (χ4n) is 3.31. The molecule has 2 aromatic carbocycles. The minimum absolute atomic E-state index is 0.0254. The third-order valence-corrected chi connectivity index (χ3v) is 7.62. The summed E-state index contributed by atoms with van der Waals surface area (Å²) < 4.78 is 37.6. The second-order valence-electron chi connectivity index (χ2n) is 6.81. The molecule has 10 heteroatoms. The zero-order valence-corrected chi connectivity index (χ0v) is 18.9. The van der Waals surface area contributed by atoms with Crippen LogP contribution in [0.1, 0.15) is 12.8 Å². The van der Waals surface area contributed by atoms with Crippen molar-refractivity contribution in [2.24, 2.45) is 5.92 Å². The zero-order chi connectivity index (χ0) is 21.9. The van der Waals surface area contributed by atoms with Crippen molar-refractivity contribution in [2.45, 2.75) is 17.7 Å². The van der Waals surface area contributed by atoms with E-state index in [1.165, 1.54) is 29.6 Å². The molecule has 1 saturated heterocycles. The molecular weight excluding hydrogens is 451 g/mol. The number of piperidine rings is 1. The number of hydrogen-bond donors (Lipinski definition) is 1. The smallest absolute Gasteiger partial charge is 0.244 e. The summed E-state index contributed by atoms with van der Waals surface area (Å²) in [5, 5.41) is 3.27. The lowest BCUT2D eigenvalue weighted by Crippen LogP contribution is -2.41. The molecule has 7 nitrogen and oxygen atoms in total. The Kier molecular flexibility index (Phi) is 7.13. The van der Waals surface area contributed by atoms with Gasteiger partial charge in [0, 0.05) is 30.1 Å². The van der Waals surface area contributed by atoms with Gasteiger partial charge in [0.15, 0.2) is 0 Å². The Morgan fingerprint density at radius 2 is 1.77 bits per heavy atom. The van der Waals surface area contributed by atoms with Gasteiger partial charge in [0.05, 0.1) is 24.9 Å². The Bertz CT molecular complexity index is 1040. The molecule has 30 heavy (non-hydrogen) atoms. The minimum atomic E-state index is -3.79. The first-order valence-corrected chi connectivity index (χ1v) is 11.4. The molecule has 1 aliphatic rings. The third-order valence-electron chi connectivity index (χ3n) is 5.00. The molecule has 1 N–H and O–H groups in total. The van der Waals surface area contributed by atoms with E-state index in [0.717, 1.165) is 0 Å². The Morgan fingerprint density at radius 3 is 2.40 bits per heavy atom. The number of carbonyl (C=O) groups excluding carboxylic acids is 1. The Hall–Kier alpha value is -2.00. The molecule has 162 valence electrons. The highest BCUT2D eigenvalue weighted by atomic mass is 35.5. The quantitative estimate of drug-likeness (QED) is 0.685. The Labute approximate surface area is 185 Å². The molecule has 0 saturated carbocycles. The highest BCUT2D eigenvalue weighted by Gasteiger charge is 2.33. The summed E-state index contributed by atoms with van der Waals surface area (Å²) in [6, 6.07) is 9.44. The number of sulfonamides is 1. The standard InChI is InChI=1S/C20H22Cl2N2O5S/c1-28-15-4-6-17(18(12-15)29-2)23-20(25)13-7-9-24(10-8-13)30(26,27)19-11-14(21)3-5-16(19)22/h3-6,11-13H,7-10H2,1-2H3,(H,23,25).